The topological polar surface area (TPSA) is 47.8 Å². The van der Waals surface area contributed by atoms with Crippen molar-refractivity contribution in [2.24, 2.45) is 0 Å². The average Bonchev–Trinajstić information content (AvgIpc) is 2.32. The lowest BCUT2D eigenvalue weighted by Crippen LogP contribution is -2.21. The van der Waals surface area contributed by atoms with Crippen molar-refractivity contribution in [1.29, 1.82) is 0 Å². The number of nitrogens with zero attached hydrogens (tertiary/aromatic N) is 3. The third-order valence-corrected chi connectivity index (χ3v) is 2.40. The summed E-state index contributed by atoms with van der Waals surface area (Å²) < 4.78 is 38.5. The van der Waals surface area contributed by atoms with Crippen LogP contribution < -0.4 is 5.56 Å². The molecule has 0 bridgehead atoms. The molecule has 2 rings (SSSR count). The van der Waals surface area contributed by atoms with E-state index in [1.807, 2.05) is 0 Å². The summed E-state index contributed by atoms with van der Waals surface area (Å²) in [4.78, 5) is 18.9. The van der Waals surface area contributed by atoms with Crippen LogP contribution in [0.1, 0.15) is 5.56 Å². The van der Waals surface area contributed by atoms with Gasteiger partial charge in [-0.25, -0.2) is 9.97 Å². The zero-order chi connectivity index (χ0) is 13.3. The summed E-state index contributed by atoms with van der Waals surface area (Å²) in [6, 6.07) is 0.587. The Morgan fingerprint density at radius 2 is 1.83 bits per heavy atom. The van der Waals surface area contributed by atoms with E-state index in [9.17, 15) is 18.0 Å². The van der Waals surface area contributed by atoms with Gasteiger partial charge in [0.15, 0.2) is 0 Å². The van der Waals surface area contributed by atoms with Gasteiger partial charge >= 0.3 is 6.18 Å². The Labute approximate surface area is 104 Å². The molecule has 2 heterocycles. The van der Waals surface area contributed by atoms with Gasteiger partial charge in [0.1, 0.15) is 11.3 Å². The second kappa shape index (κ2) is 4.41. The molecule has 2 aromatic rings. The van der Waals surface area contributed by atoms with Crippen LogP contribution >= 0.6 is 11.6 Å². The predicted octanol–water partition coefficient (Wildman–Crippen LogP) is 2.30. The summed E-state index contributed by atoms with van der Waals surface area (Å²) in [5.74, 6) is 0. The third kappa shape index (κ3) is 2.35. The summed E-state index contributed by atoms with van der Waals surface area (Å²) in [6.45, 7) is 0. The van der Waals surface area contributed by atoms with Crippen molar-refractivity contribution in [3.8, 4) is 5.69 Å². The van der Waals surface area contributed by atoms with Gasteiger partial charge in [-0.1, -0.05) is 11.6 Å². The molecule has 4 nitrogen and oxygen atoms in total. The molecule has 18 heavy (non-hydrogen) atoms. The number of rotatable bonds is 1. The standard InChI is InChI=1S/C10H5ClF3N3O/c11-8-1-6(10(12,13)14)4-17(9(8)18)7-2-15-5-16-3-7/h1-5H. The third-order valence-electron chi connectivity index (χ3n) is 2.13. The van der Waals surface area contributed by atoms with Gasteiger partial charge in [0, 0.05) is 6.20 Å². The Morgan fingerprint density at radius 1 is 1.22 bits per heavy atom. The van der Waals surface area contributed by atoms with Crippen molar-refractivity contribution in [3.63, 3.8) is 0 Å². The number of hydrogen-bond acceptors (Lipinski definition) is 3. The van der Waals surface area contributed by atoms with Crippen molar-refractivity contribution in [2.45, 2.75) is 6.18 Å². The minimum Gasteiger partial charge on any atom is -0.279 e. The molecule has 0 radical (unpaired) electrons. The Bertz CT molecular complexity index is 625. The molecule has 0 aliphatic heterocycles. The smallest absolute Gasteiger partial charge is 0.279 e. The minimum absolute atomic E-state index is 0.107. The normalized spacial score (nSPS) is 11.6. The molecule has 0 saturated heterocycles. The number of aromatic nitrogens is 3. The highest BCUT2D eigenvalue weighted by Crippen LogP contribution is 2.30. The van der Waals surface area contributed by atoms with Crippen LogP contribution in [0.15, 0.2) is 35.8 Å². The summed E-state index contributed by atoms with van der Waals surface area (Å²) in [7, 11) is 0. The highest BCUT2D eigenvalue weighted by atomic mass is 35.5. The summed E-state index contributed by atoms with van der Waals surface area (Å²) >= 11 is 5.50. The van der Waals surface area contributed by atoms with E-state index in [0.717, 1.165) is 4.57 Å². The summed E-state index contributed by atoms with van der Waals surface area (Å²) in [5.41, 5.74) is -1.68. The van der Waals surface area contributed by atoms with Crippen molar-refractivity contribution >= 4 is 11.6 Å². The minimum atomic E-state index is -4.59. The molecule has 0 aromatic carbocycles. The molecular formula is C10H5ClF3N3O. The summed E-state index contributed by atoms with van der Waals surface area (Å²) in [5, 5.41) is -0.520. The van der Waals surface area contributed by atoms with Gasteiger partial charge in [0.25, 0.3) is 5.56 Å². The second-order valence-corrected chi connectivity index (χ2v) is 3.75. The molecule has 0 saturated carbocycles. The molecule has 0 N–H and O–H groups in total. The molecule has 0 amide bonds. The van der Waals surface area contributed by atoms with Crippen LogP contribution in [0.25, 0.3) is 5.69 Å². The van der Waals surface area contributed by atoms with Gasteiger partial charge in [-0.3, -0.25) is 9.36 Å². The van der Waals surface area contributed by atoms with Crippen LogP contribution in [0.3, 0.4) is 0 Å². The van der Waals surface area contributed by atoms with Crippen LogP contribution in [-0.4, -0.2) is 14.5 Å². The molecule has 0 unspecified atom stereocenters. The van der Waals surface area contributed by atoms with Crippen LogP contribution in [0.2, 0.25) is 5.02 Å². The van der Waals surface area contributed by atoms with Crippen molar-refractivity contribution in [3.05, 3.63) is 51.9 Å². The largest absolute Gasteiger partial charge is 0.417 e. The van der Waals surface area contributed by atoms with Crippen molar-refractivity contribution in [1.82, 2.24) is 14.5 Å². The highest BCUT2D eigenvalue weighted by molar-refractivity contribution is 6.30. The van der Waals surface area contributed by atoms with E-state index in [-0.39, 0.29) is 5.69 Å². The lowest BCUT2D eigenvalue weighted by Gasteiger charge is -2.11. The monoisotopic (exact) mass is 275 g/mol. The van der Waals surface area contributed by atoms with Crippen LogP contribution in [-0.2, 0) is 6.18 Å². The Kier molecular flexibility index (Phi) is 3.08. The maximum absolute atomic E-state index is 12.6. The zero-order valence-electron chi connectivity index (χ0n) is 8.65. The number of hydrogen-bond donors (Lipinski definition) is 0. The molecular weight excluding hydrogens is 271 g/mol. The number of alkyl halides is 3. The lowest BCUT2D eigenvalue weighted by atomic mass is 10.2. The van der Waals surface area contributed by atoms with Gasteiger partial charge in [-0.15, -0.1) is 0 Å². The zero-order valence-corrected chi connectivity index (χ0v) is 9.40. The number of halogens is 4. The van der Waals surface area contributed by atoms with E-state index in [4.69, 9.17) is 11.6 Å². The Morgan fingerprint density at radius 3 is 2.39 bits per heavy atom. The average molecular weight is 276 g/mol. The van der Waals surface area contributed by atoms with E-state index < -0.39 is 22.3 Å². The first-order chi connectivity index (χ1) is 8.39. The fourth-order valence-electron chi connectivity index (χ4n) is 1.31. The highest BCUT2D eigenvalue weighted by Gasteiger charge is 2.32. The van der Waals surface area contributed by atoms with E-state index >= 15 is 0 Å². The van der Waals surface area contributed by atoms with Crippen LogP contribution in [0, 0.1) is 0 Å². The molecule has 0 spiro atoms. The predicted molar refractivity (Wildman–Crippen MR) is 57.6 cm³/mol. The first-order valence-corrected chi connectivity index (χ1v) is 5.02. The first-order valence-electron chi connectivity index (χ1n) is 4.64. The molecule has 0 fully saturated rings. The van der Waals surface area contributed by atoms with E-state index in [1.54, 1.807) is 0 Å². The van der Waals surface area contributed by atoms with Gasteiger partial charge in [0.05, 0.1) is 23.6 Å². The van der Waals surface area contributed by atoms with Crippen LogP contribution in [0.5, 0.6) is 0 Å². The maximum atomic E-state index is 12.6. The molecule has 94 valence electrons. The fraction of sp³-hybridized carbons (Fsp3) is 0.100. The summed E-state index contributed by atoms with van der Waals surface area (Å²) in [6.07, 6.45) is -0.304. The number of pyridine rings is 1. The van der Waals surface area contributed by atoms with Gasteiger partial charge in [-0.05, 0) is 6.07 Å². The SMILES string of the molecule is O=c1c(Cl)cc(C(F)(F)F)cn1-c1cncnc1. The molecule has 0 atom stereocenters. The van der Waals surface area contributed by atoms with Crippen LogP contribution in [0.4, 0.5) is 13.2 Å². The van der Waals surface area contributed by atoms with Crippen molar-refractivity contribution < 1.29 is 13.2 Å². The van der Waals surface area contributed by atoms with Gasteiger partial charge < -0.3 is 0 Å². The Hall–Kier alpha value is -1.89. The quantitative estimate of drug-likeness (QED) is 0.802. The first kappa shape index (κ1) is 12.6. The van der Waals surface area contributed by atoms with Gasteiger partial charge in [-0.2, -0.15) is 13.2 Å². The van der Waals surface area contributed by atoms with Crippen molar-refractivity contribution in [2.75, 3.05) is 0 Å². The van der Waals surface area contributed by atoms with E-state index in [0.29, 0.717) is 12.3 Å². The molecule has 0 aliphatic carbocycles. The molecule has 2 aromatic heterocycles. The maximum Gasteiger partial charge on any atom is 0.417 e. The fourth-order valence-corrected chi connectivity index (χ4v) is 1.52. The Balaban J connectivity index is 2.68. The van der Waals surface area contributed by atoms with E-state index in [1.165, 1.54) is 18.7 Å². The lowest BCUT2D eigenvalue weighted by molar-refractivity contribution is -0.138. The molecule has 0 aliphatic rings. The van der Waals surface area contributed by atoms with Gasteiger partial charge in [0.2, 0.25) is 0 Å². The van der Waals surface area contributed by atoms with E-state index in [2.05, 4.69) is 9.97 Å². The molecule has 8 heteroatoms. The second-order valence-electron chi connectivity index (χ2n) is 3.35.